The van der Waals surface area contributed by atoms with E-state index in [-0.39, 0.29) is 30.0 Å². The molecule has 0 bridgehead atoms. The first-order valence-corrected chi connectivity index (χ1v) is 11.3. The molecule has 1 saturated heterocycles. The zero-order valence-electron chi connectivity index (χ0n) is 18.4. The van der Waals surface area contributed by atoms with Crippen LogP contribution in [0.1, 0.15) is 67.2 Å². The Hall–Kier alpha value is -2.41. The van der Waals surface area contributed by atoms with Gasteiger partial charge in [-0.1, -0.05) is 12.1 Å². The molecule has 1 aliphatic heterocycles. The second kappa shape index (κ2) is 9.81. The van der Waals surface area contributed by atoms with Gasteiger partial charge >= 0.3 is 6.09 Å². The lowest BCUT2D eigenvalue weighted by Gasteiger charge is -2.41. The van der Waals surface area contributed by atoms with Crippen molar-refractivity contribution >= 4 is 6.09 Å². The third-order valence-corrected chi connectivity index (χ3v) is 6.91. The maximum atomic E-state index is 13.6. The summed E-state index contributed by atoms with van der Waals surface area (Å²) < 4.78 is 25.0. The summed E-state index contributed by atoms with van der Waals surface area (Å²) in [6, 6.07) is 6.85. The Kier molecular flexibility index (Phi) is 6.90. The van der Waals surface area contributed by atoms with Crippen molar-refractivity contribution in [3.05, 3.63) is 53.1 Å². The highest BCUT2D eigenvalue weighted by Gasteiger charge is 2.38. The standard InChI is InChI=1S/C24H32FN3O3/c1-16-14-26-27-23(16)21-7-4-12-28(24(29)30-2)22(21)15-31-20-10-8-17(9-11-20)18-5-3-6-19(25)13-18/h3,5-6,13-14,17,20-22H,4,7-12,15H2,1-2H3,(H,26,27)/t17-,20+,21-,22-/m0/s1. The molecule has 1 N–H and O–H groups in total. The number of hydrogen-bond acceptors (Lipinski definition) is 4. The highest BCUT2D eigenvalue weighted by Crippen LogP contribution is 2.37. The molecule has 1 aromatic heterocycles. The van der Waals surface area contributed by atoms with Crippen LogP contribution in [-0.4, -0.2) is 53.6 Å². The van der Waals surface area contributed by atoms with E-state index < -0.39 is 0 Å². The van der Waals surface area contributed by atoms with E-state index in [1.165, 1.54) is 13.2 Å². The summed E-state index contributed by atoms with van der Waals surface area (Å²) in [4.78, 5) is 14.3. The minimum absolute atomic E-state index is 0.0934. The Morgan fingerprint density at radius 1 is 1.26 bits per heavy atom. The molecule has 0 spiro atoms. The van der Waals surface area contributed by atoms with E-state index in [9.17, 15) is 9.18 Å². The third-order valence-electron chi connectivity index (χ3n) is 6.91. The molecule has 2 aliphatic rings. The smallest absolute Gasteiger partial charge is 0.409 e. The first-order valence-electron chi connectivity index (χ1n) is 11.3. The molecule has 2 atom stereocenters. The number of aromatic nitrogens is 2. The van der Waals surface area contributed by atoms with Gasteiger partial charge in [0.25, 0.3) is 0 Å². The number of halogens is 1. The van der Waals surface area contributed by atoms with E-state index in [0.717, 1.165) is 55.3 Å². The average Bonchev–Trinajstić information content (AvgIpc) is 3.23. The fourth-order valence-corrected chi connectivity index (χ4v) is 5.22. The number of aryl methyl sites for hydroxylation is 1. The van der Waals surface area contributed by atoms with E-state index in [4.69, 9.17) is 9.47 Å². The molecule has 0 radical (unpaired) electrons. The highest BCUT2D eigenvalue weighted by molar-refractivity contribution is 5.68. The van der Waals surface area contributed by atoms with Gasteiger partial charge in [-0.2, -0.15) is 5.10 Å². The summed E-state index contributed by atoms with van der Waals surface area (Å²) in [5.74, 6) is 0.342. The van der Waals surface area contributed by atoms with E-state index in [0.29, 0.717) is 19.1 Å². The number of nitrogens with zero attached hydrogens (tertiary/aromatic N) is 2. The van der Waals surface area contributed by atoms with Crippen LogP contribution in [0.15, 0.2) is 30.5 Å². The van der Waals surface area contributed by atoms with E-state index in [1.54, 1.807) is 17.0 Å². The van der Waals surface area contributed by atoms with E-state index in [1.807, 2.05) is 19.2 Å². The molecule has 4 rings (SSSR count). The van der Waals surface area contributed by atoms with Crippen LogP contribution in [0, 0.1) is 12.7 Å². The van der Waals surface area contributed by atoms with Crippen molar-refractivity contribution in [1.82, 2.24) is 15.1 Å². The molecule has 6 nitrogen and oxygen atoms in total. The number of ether oxygens (including phenoxy) is 2. The van der Waals surface area contributed by atoms with Gasteiger partial charge in [0.15, 0.2) is 0 Å². The maximum Gasteiger partial charge on any atom is 0.409 e. The molecule has 31 heavy (non-hydrogen) atoms. The number of piperidine rings is 1. The normalized spacial score (nSPS) is 26.6. The van der Waals surface area contributed by atoms with Crippen molar-refractivity contribution < 1.29 is 18.7 Å². The summed E-state index contributed by atoms with van der Waals surface area (Å²) in [7, 11) is 1.43. The predicted octanol–water partition coefficient (Wildman–Crippen LogP) is 4.91. The summed E-state index contributed by atoms with van der Waals surface area (Å²) in [5.41, 5.74) is 3.20. The molecule has 7 heteroatoms. The summed E-state index contributed by atoms with van der Waals surface area (Å²) >= 11 is 0. The van der Waals surface area contributed by atoms with Crippen molar-refractivity contribution in [2.45, 2.75) is 69.4 Å². The number of hydrogen-bond donors (Lipinski definition) is 1. The molecule has 1 aliphatic carbocycles. The second-order valence-corrected chi connectivity index (χ2v) is 8.79. The van der Waals surface area contributed by atoms with E-state index in [2.05, 4.69) is 10.2 Å². The molecule has 2 heterocycles. The lowest BCUT2D eigenvalue weighted by molar-refractivity contribution is -0.0242. The van der Waals surface area contributed by atoms with Crippen molar-refractivity contribution in [3.8, 4) is 0 Å². The monoisotopic (exact) mass is 429 g/mol. The van der Waals surface area contributed by atoms with Crippen LogP contribution in [-0.2, 0) is 9.47 Å². The third kappa shape index (κ3) is 4.92. The van der Waals surface area contributed by atoms with Crippen molar-refractivity contribution in [1.29, 1.82) is 0 Å². The zero-order valence-corrected chi connectivity index (χ0v) is 18.4. The molecule has 1 saturated carbocycles. The number of nitrogens with one attached hydrogen (secondary N) is 1. The zero-order chi connectivity index (χ0) is 21.8. The van der Waals surface area contributed by atoms with Crippen LogP contribution in [0.3, 0.4) is 0 Å². The van der Waals surface area contributed by atoms with E-state index >= 15 is 0 Å². The first kappa shape index (κ1) is 21.8. The lowest BCUT2D eigenvalue weighted by Crippen LogP contribution is -2.50. The quantitative estimate of drug-likeness (QED) is 0.733. The number of carbonyl (C=O) groups excluding carboxylic acids is 1. The molecule has 1 aromatic carbocycles. The number of rotatable bonds is 5. The van der Waals surface area contributed by atoms with Gasteiger partial charge in [0.05, 0.1) is 31.6 Å². The largest absolute Gasteiger partial charge is 0.453 e. The Morgan fingerprint density at radius 2 is 2.06 bits per heavy atom. The second-order valence-electron chi connectivity index (χ2n) is 8.79. The number of methoxy groups -OCH3 is 1. The van der Waals surface area contributed by atoms with Gasteiger partial charge in [-0.05, 0) is 74.6 Å². The Bertz CT molecular complexity index is 878. The minimum Gasteiger partial charge on any atom is -0.453 e. The van der Waals surface area contributed by atoms with Crippen LogP contribution in [0.25, 0.3) is 0 Å². The van der Waals surface area contributed by atoms with Crippen LogP contribution in [0.2, 0.25) is 0 Å². The Morgan fingerprint density at radius 3 is 2.74 bits per heavy atom. The first-order chi connectivity index (χ1) is 15.1. The number of aromatic amines is 1. The van der Waals surface area contributed by atoms with Gasteiger partial charge in [-0.25, -0.2) is 9.18 Å². The molecule has 2 fully saturated rings. The molecule has 2 aromatic rings. The number of amides is 1. The number of likely N-dealkylation sites (tertiary alicyclic amines) is 1. The molecular formula is C24H32FN3O3. The van der Waals surface area contributed by atoms with Gasteiger partial charge in [0, 0.05) is 18.7 Å². The topological polar surface area (TPSA) is 67.5 Å². The van der Waals surface area contributed by atoms with Gasteiger partial charge in [0.1, 0.15) is 5.82 Å². The van der Waals surface area contributed by atoms with Crippen molar-refractivity contribution in [2.75, 3.05) is 20.3 Å². The molecule has 0 unspecified atom stereocenters. The van der Waals surface area contributed by atoms with Crippen LogP contribution < -0.4 is 0 Å². The molecule has 1 amide bonds. The fourth-order valence-electron chi connectivity index (χ4n) is 5.22. The highest BCUT2D eigenvalue weighted by atomic mass is 19.1. The number of benzene rings is 1. The fraction of sp³-hybridized carbons (Fsp3) is 0.583. The van der Waals surface area contributed by atoms with Crippen molar-refractivity contribution in [2.24, 2.45) is 0 Å². The van der Waals surface area contributed by atoms with Crippen LogP contribution >= 0.6 is 0 Å². The molecular weight excluding hydrogens is 397 g/mol. The molecule has 168 valence electrons. The average molecular weight is 430 g/mol. The lowest BCUT2D eigenvalue weighted by atomic mass is 9.82. The maximum absolute atomic E-state index is 13.6. The summed E-state index contributed by atoms with van der Waals surface area (Å²) in [6.07, 6.45) is 7.51. The van der Waals surface area contributed by atoms with Gasteiger partial charge in [-0.15, -0.1) is 0 Å². The SMILES string of the molecule is COC(=O)N1CCC[C@H](c2n[nH]cc2C)[C@@H]1CO[C@H]1CC[C@@H](c2cccc(F)c2)CC1. The van der Waals surface area contributed by atoms with Gasteiger partial charge in [0.2, 0.25) is 0 Å². The van der Waals surface area contributed by atoms with Gasteiger partial charge < -0.3 is 14.4 Å². The van der Waals surface area contributed by atoms with Crippen molar-refractivity contribution in [3.63, 3.8) is 0 Å². The number of carbonyl (C=O) groups is 1. The Labute approximate surface area is 183 Å². The van der Waals surface area contributed by atoms with Gasteiger partial charge in [-0.3, -0.25) is 5.10 Å². The number of H-pyrrole nitrogens is 1. The predicted molar refractivity (Wildman–Crippen MR) is 116 cm³/mol. The minimum atomic E-state index is -0.304. The summed E-state index contributed by atoms with van der Waals surface area (Å²) in [5, 5.41) is 7.42. The summed E-state index contributed by atoms with van der Waals surface area (Å²) in [6.45, 7) is 3.19. The van der Waals surface area contributed by atoms with Crippen LogP contribution in [0.5, 0.6) is 0 Å². The Balaban J connectivity index is 1.39. The van der Waals surface area contributed by atoms with Crippen LogP contribution in [0.4, 0.5) is 9.18 Å².